The van der Waals surface area contributed by atoms with Gasteiger partial charge in [0.25, 0.3) is 0 Å². The summed E-state index contributed by atoms with van der Waals surface area (Å²) in [7, 11) is 1.30. The first-order valence-corrected chi connectivity index (χ1v) is 8.02. The topological polar surface area (TPSA) is 18.5 Å². The third-order valence-corrected chi connectivity index (χ3v) is 3.88. The molecule has 0 aromatic heterocycles. The van der Waals surface area contributed by atoms with Crippen LogP contribution in [-0.2, 0) is 9.47 Å². The minimum atomic E-state index is -1.000. The maximum absolute atomic E-state index is 13.7. The fourth-order valence-electron chi connectivity index (χ4n) is 2.30. The van der Waals surface area contributed by atoms with Gasteiger partial charge in [-0.2, -0.15) is 8.78 Å². The van der Waals surface area contributed by atoms with Crippen molar-refractivity contribution in [1.82, 2.24) is 0 Å². The molecule has 0 aromatic carbocycles. The van der Waals surface area contributed by atoms with Gasteiger partial charge in [0.05, 0.1) is 13.7 Å². The molecule has 2 nitrogen and oxygen atoms in total. The van der Waals surface area contributed by atoms with E-state index in [4.69, 9.17) is 4.74 Å². The third kappa shape index (κ3) is 6.63. The summed E-state index contributed by atoms with van der Waals surface area (Å²) >= 11 is 0. The molecule has 0 heterocycles. The number of rotatable bonds is 6. The summed E-state index contributed by atoms with van der Waals surface area (Å²) in [5.41, 5.74) is 0. The number of hydrogen-bond donors (Lipinski definition) is 0. The molecular weight excluding hydrogens is 286 g/mol. The number of methoxy groups -OCH3 is 1. The lowest BCUT2D eigenvalue weighted by molar-refractivity contribution is 0.129. The van der Waals surface area contributed by atoms with Crippen LogP contribution in [0.3, 0.4) is 0 Å². The first-order chi connectivity index (χ1) is 10.5. The van der Waals surface area contributed by atoms with Crippen LogP contribution in [0.4, 0.5) is 8.78 Å². The van der Waals surface area contributed by atoms with Crippen molar-refractivity contribution in [3.05, 3.63) is 35.8 Å². The molecule has 1 fully saturated rings. The van der Waals surface area contributed by atoms with Crippen LogP contribution in [-0.4, -0.2) is 13.7 Å². The van der Waals surface area contributed by atoms with Crippen LogP contribution in [0.15, 0.2) is 35.8 Å². The first kappa shape index (κ1) is 20.7. The van der Waals surface area contributed by atoms with Crippen molar-refractivity contribution in [2.24, 2.45) is 11.8 Å². The zero-order valence-corrected chi connectivity index (χ0v) is 14.5. The Labute approximate surface area is 133 Å². The van der Waals surface area contributed by atoms with Gasteiger partial charge in [0, 0.05) is 0 Å². The van der Waals surface area contributed by atoms with Crippen molar-refractivity contribution >= 4 is 0 Å². The maximum atomic E-state index is 13.7. The average molecular weight is 316 g/mol. The van der Waals surface area contributed by atoms with Crippen molar-refractivity contribution in [2.45, 2.75) is 53.4 Å². The highest BCUT2D eigenvalue weighted by molar-refractivity contribution is 5.23. The van der Waals surface area contributed by atoms with Crippen LogP contribution < -0.4 is 0 Å². The molecular formula is C18H30F2O2. The minimum absolute atomic E-state index is 0.0234. The Kier molecular flexibility index (Phi) is 10.6. The average Bonchev–Trinajstić information content (AvgIpc) is 2.59. The van der Waals surface area contributed by atoms with Gasteiger partial charge in [-0.05, 0) is 51.4 Å². The second kappa shape index (κ2) is 11.3. The van der Waals surface area contributed by atoms with Crippen molar-refractivity contribution < 1.29 is 18.3 Å². The normalized spacial score (nSPS) is 23.4. The Balaban J connectivity index is 0.00000211. The molecule has 1 aliphatic carbocycles. The molecule has 4 heteroatoms. The number of halogens is 2. The predicted octanol–water partition coefficient (Wildman–Crippen LogP) is 6.07. The monoisotopic (exact) mass is 316 g/mol. The number of ether oxygens (including phenoxy) is 2. The van der Waals surface area contributed by atoms with E-state index in [2.05, 4.69) is 11.3 Å². The summed E-state index contributed by atoms with van der Waals surface area (Å²) < 4.78 is 37.3. The van der Waals surface area contributed by atoms with Gasteiger partial charge in [-0.1, -0.05) is 19.9 Å². The molecule has 0 N–H and O–H groups in total. The Morgan fingerprint density at radius 1 is 1.05 bits per heavy atom. The standard InChI is InChI=1S/C16H24F2O2.C2H6/c1-5-13-6-8-14(9-7-13)10-20-12(3)16(18)15(17)11(2)19-4;1-2/h5,13-14H,1,6-10H2,2-4H3;1-2H3/b15-11-,16-12-;. The summed E-state index contributed by atoms with van der Waals surface area (Å²) in [6, 6.07) is 0. The smallest absolute Gasteiger partial charge is 0.199 e. The van der Waals surface area contributed by atoms with E-state index < -0.39 is 11.7 Å². The molecule has 1 aliphatic rings. The van der Waals surface area contributed by atoms with Gasteiger partial charge < -0.3 is 9.47 Å². The first-order valence-electron chi connectivity index (χ1n) is 8.02. The van der Waals surface area contributed by atoms with Crippen LogP contribution in [0.1, 0.15) is 53.4 Å². The molecule has 0 aliphatic heterocycles. The Morgan fingerprint density at radius 3 is 2.00 bits per heavy atom. The minimum Gasteiger partial charge on any atom is -0.498 e. The van der Waals surface area contributed by atoms with E-state index in [0.717, 1.165) is 25.7 Å². The molecule has 0 amide bonds. The van der Waals surface area contributed by atoms with E-state index in [1.165, 1.54) is 21.0 Å². The van der Waals surface area contributed by atoms with Crippen molar-refractivity contribution in [1.29, 1.82) is 0 Å². The lowest BCUT2D eigenvalue weighted by Crippen LogP contribution is -2.17. The predicted molar refractivity (Wildman–Crippen MR) is 87.6 cm³/mol. The molecule has 0 bridgehead atoms. The lowest BCUT2D eigenvalue weighted by Gasteiger charge is -2.26. The number of allylic oxidation sites excluding steroid dienone is 5. The van der Waals surface area contributed by atoms with E-state index in [1.807, 2.05) is 19.9 Å². The summed E-state index contributed by atoms with van der Waals surface area (Å²) in [5, 5.41) is 0. The van der Waals surface area contributed by atoms with Crippen LogP contribution >= 0.6 is 0 Å². The largest absolute Gasteiger partial charge is 0.498 e. The van der Waals surface area contributed by atoms with E-state index in [1.54, 1.807) is 0 Å². The highest BCUT2D eigenvalue weighted by Gasteiger charge is 2.20. The van der Waals surface area contributed by atoms with Gasteiger partial charge >= 0.3 is 0 Å². The van der Waals surface area contributed by atoms with Crippen LogP contribution in [0, 0.1) is 11.8 Å². The Bertz CT molecular complexity index is 392. The summed E-state index contributed by atoms with van der Waals surface area (Å²) in [6.07, 6.45) is 6.28. The Hall–Kier alpha value is -1.32. The van der Waals surface area contributed by atoms with Crippen molar-refractivity contribution in [3.8, 4) is 0 Å². The van der Waals surface area contributed by atoms with Crippen molar-refractivity contribution in [3.63, 3.8) is 0 Å². The zero-order chi connectivity index (χ0) is 17.1. The number of hydrogen-bond acceptors (Lipinski definition) is 2. The summed E-state index contributed by atoms with van der Waals surface area (Å²) in [6.45, 7) is 11.0. The van der Waals surface area contributed by atoms with Crippen LogP contribution in [0.2, 0.25) is 0 Å². The second-order valence-electron chi connectivity index (χ2n) is 5.27. The molecule has 0 radical (unpaired) electrons. The van der Waals surface area contributed by atoms with Gasteiger partial charge in [0.15, 0.2) is 11.7 Å². The highest BCUT2D eigenvalue weighted by Crippen LogP contribution is 2.30. The van der Waals surface area contributed by atoms with Crippen LogP contribution in [0.5, 0.6) is 0 Å². The van der Waals surface area contributed by atoms with Gasteiger partial charge in [-0.15, -0.1) is 6.58 Å². The molecule has 0 saturated heterocycles. The van der Waals surface area contributed by atoms with Gasteiger partial charge in [0.1, 0.15) is 11.5 Å². The molecule has 1 rings (SSSR count). The molecule has 128 valence electrons. The fourth-order valence-corrected chi connectivity index (χ4v) is 2.30. The third-order valence-electron chi connectivity index (χ3n) is 3.88. The Morgan fingerprint density at radius 2 is 1.55 bits per heavy atom. The van der Waals surface area contributed by atoms with E-state index in [-0.39, 0.29) is 11.5 Å². The summed E-state index contributed by atoms with van der Waals surface area (Å²) in [4.78, 5) is 0. The highest BCUT2D eigenvalue weighted by atomic mass is 19.2. The molecule has 0 aromatic rings. The van der Waals surface area contributed by atoms with E-state index in [0.29, 0.717) is 18.4 Å². The summed E-state index contributed by atoms with van der Waals surface area (Å²) in [5.74, 6) is -1.10. The van der Waals surface area contributed by atoms with Crippen molar-refractivity contribution in [2.75, 3.05) is 13.7 Å². The molecule has 22 heavy (non-hydrogen) atoms. The molecule has 0 unspecified atom stereocenters. The zero-order valence-electron chi connectivity index (χ0n) is 14.5. The quantitative estimate of drug-likeness (QED) is 0.336. The van der Waals surface area contributed by atoms with Gasteiger partial charge in [-0.3, -0.25) is 0 Å². The van der Waals surface area contributed by atoms with E-state index in [9.17, 15) is 8.78 Å². The van der Waals surface area contributed by atoms with E-state index >= 15 is 0 Å². The van der Waals surface area contributed by atoms with Gasteiger partial charge in [-0.25, -0.2) is 0 Å². The molecule has 0 spiro atoms. The maximum Gasteiger partial charge on any atom is 0.199 e. The molecule has 1 saturated carbocycles. The lowest BCUT2D eigenvalue weighted by atomic mass is 9.82. The second-order valence-corrected chi connectivity index (χ2v) is 5.27. The van der Waals surface area contributed by atoms with Crippen LogP contribution in [0.25, 0.3) is 0 Å². The fraction of sp³-hybridized carbons (Fsp3) is 0.667. The van der Waals surface area contributed by atoms with Gasteiger partial charge in [0.2, 0.25) is 0 Å². The molecule has 0 atom stereocenters. The SMILES string of the molecule is C=CC1CCC(CO/C(C)=C(F)/C(F)=C(\C)OC)CC1.CC.